The van der Waals surface area contributed by atoms with Crippen molar-refractivity contribution in [2.24, 2.45) is 0 Å². The predicted molar refractivity (Wildman–Crippen MR) is 85.0 cm³/mol. The minimum absolute atomic E-state index is 0.308. The van der Waals surface area contributed by atoms with Crippen molar-refractivity contribution in [3.05, 3.63) is 53.9 Å². The summed E-state index contributed by atoms with van der Waals surface area (Å²) in [5.74, 6) is 1.56. The molecule has 0 fully saturated rings. The van der Waals surface area contributed by atoms with E-state index in [1.165, 1.54) is 23.4 Å². The van der Waals surface area contributed by atoms with Crippen LogP contribution in [-0.2, 0) is 19.5 Å². The highest BCUT2D eigenvalue weighted by Crippen LogP contribution is 2.16. The van der Waals surface area contributed by atoms with Crippen LogP contribution in [0, 0.1) is 12.7 Å². The van der Waals surface area contributed by atoms with Gasteiger partial charge in [-0.25, -0.2) is 23.7 Å². The predicted octanol–water partition coefficient (Wildman–Crippen LogP) is 1.41. The van der Waals surface area contributed by atoms with Crippen LogP contribution in [0.25, 0.3) is 5.69 Å². The van der Waals surface area contributed by atoms with Crippen molar-refractivity contribution in [3.63, 3.8) is 0 Å². The number of halogens is 1. The molecule has 0 spiro atoms. The second-order valence-electron chi connectivity index (χ2n) is 6.00. The van der Waals surface area contributed by atoms with Gasteiger partial charge >= 0.3 is 0 Å². The maximum absolute atomic E-state index is 14.2. The molecule has 1 aromatic carbocycles. The molecule has 0 saturated carbocycles. The van der Waals surface area contributed by atoms with Gasteiger partial charge in [-0.1, -0.05) is 6.07 Å². The number of hydrogen-bond acceptors (Lipinski definition) is 5. The van der Waals surface area contributed by atoms with E-state index in [2.05, 4.69) is 25.5 Å². The van der Waals surface area contributed by atoms with Crippen molar-refractivity contribution in [1.82, 2.24) is 34.8 Å². The number of hydrogen-bond donors (Lipinski definition) is 1. The SMILES string of the molecule is Cc1nc2n(n1)C[C@H](NCc1ccc(-n3cncn3)c(F)c1)CC2. The van der Waals surface area contributed by atoms with Gasteiger partial charge in [0.1, 0.15) is 35.8 Å². The lowest BCUT2D eigenvalue weighted by Crippen LogP contribution is -2.37. The normalized spacial score (nSPS) is 17.0. The van der Waals surface area contributed by atoms with Crippen molar-refractivity contribution in [2.45, 2.75) is 38.9 Å². The van der Waals surface area contributed by atoms with Crippen LogP contribution in [0.15, 0.2) is 30.9 Å². The Morgan fingerprint density at radius 2 is 2.29 bits per heavy atom. The Labute approximate surface area is 138 Å². The van der Waals surface area contributed by atoms with Crippen molar-refractivity contribution < 1.29 is 4.39 Å². The highest BCUT2D eigenvalue weighted by Gasteiger charge is 2.20. The van der Waals surface area contributed by atoms with Gasteiger partial charge in [0.25, 0.3) is 0 Å². The van der Waals surface area contributed by atoms with Crippen LogP contribution in [0.2, 0.25) is 0 Å². The third kappa shape index (κ3) is 2.92. The molecule has 2 aromatic heterocycles. The summed E-state index contributed by atoms with van der Waals surface area (Å²) in [6.45, 7) is 3.32. The fourth-order valence-corrected chi connectivity index (χ4v) is 3.04. The van der Waals surface area contributed by atoms with Crippen LogP contribution in [0.3, 0.4) is 0 Å². The average molecular weight is 327 g/mol. The molecule has 1 N–H and O–H groups in total. The van der Waals surface area contributed by atoms with Gasteiger partial charge in [0.15, 0.2) is 0 Å². The Morgan fingerprint density at radius 1 is 1.38 bits per heavy atom. The number of aromatic nitrogens is 6. The zero-order valence-corrected chi connectivity index (χ0v) is 13.4. The van der Waals surface area contributed by atoms with E-state index < -0.39 is 0 Å². The minimum atomic E-state index is -0.308. The fraction of sp³-hybridized carbons (Fsp3) is 0.375. The van der Waals surface area contributed by atoms with Gasteiger partial charge in [-0.05, 0) is 31.0 Å². The summed E-state index contributed by atoms with van der Waals surface area (Å²) in [7, 11) is 0. The van der Waals surface area contributed by atoms with E-state index in [1.807, 2.05) is 17.7 Å². The molecule has 8 heteroatoms. The van der Waals surface area contributed by atoms with E-state index in [-0.39, 0.29) is 5.82 Å². The second kappa shape index (κ2) is 6.12. The van der Waals surface area contributed by atoms with Crippen molar-refractivity contribution in [3.8, 4) is 5.69 Å². The molecule has 0 unspecified atom stereocenters. The van der Waals surface area contributed by atoms with Crippen LogP contribution >= 0.6 is 0 Å². The van der Waals surface area contributed by atoms with Gasteiger partial charge in [-0.2, -0.15) is 10.2 Å². The second-order valence-corrected chi connectivity index (χ2v) is 6.00. The van der Waals surface area contributed by atoms with E-state index in [0.29, 0.717) is 18.3 Å². The Balaban J connectivity index is 1.41. The summed E-state index contributed by atoms with van der Waals surface area (Å²) in [6, 6.07) is 5.48. The van der Waals surface area contributed by atoms with Crippen LogP contribution in [-0.4, -0.2) is 35.6 Å². The molecule has 0 amide bonds. The van der Waals surface area contributed by atoms with Gasteiger partial charge < -0.3 is 5.32 Å². The molecule has 0 bridgehead atoms. The van der Waals surface area contributed by atoms with Gasteiger partial charge in [-0.3, -0.25) is 0 Å². The molecule has 7 nitrogen and oxygen atoms in total. The van der Waals surface area contributed by atoms with Gasteiger partial charge in [0, 0.05) is 19.0 Å². The molecule has 0 aliphatic carbocycles. The first-order valence-electron chi connectivity index (χ1n) is 7.96. The number of fused-ring (bicyclic) bond motifs is 1. The lowest BCUT2D eigenvalue weighted by atomic mass is 10.1. The summed E-state index contributed by atoms with van der Waals surface area (Å²) < 4.78 is 17.6. The zero-order valence-electron chi connectivity index (χ0n) is 13.4. The quantitative estimate of drug-likeness (QED) is 0.784. The third-order valence-electron chi connectivity index (χ3n) is 4.24. The van der Waals surface area contributed by atoms with Gasteiger partial charge in [0.05, 0.1) is 6.54 Å². The molecule has 24 heavy (non-hydrogen) atoms. The zero-order chi connectivity index (χ0) is 16.5. The maximum Gasteiger partial charge on any atom is 0.149 e. The molecular weight excluding hydrogens is 309 g/mol. The minimum Gasteiger partial charge on any atom is -0.308 e. The van der Waals surface area contributed by atoms with Crippen LogP contribution in [0.4, 0.5) is 4.39 Å². The number of aryl methyl sites for hydroxylation is 2. The lowest BCUT2D eigenvalue weighted by molar-refractivity contribution is 0.357. The van der Waals surface area contributed by atoms with Crippen LogP contribution in [0.1, 0.15) is 23.6 Å². The van der Waals surface area contributed by atoms with E-state index in [1.54, 1.807) is 6.07 Å². The molecule has 1 aliphatic heterocycles. The first-order chi connectivity index (χ1) is 11.7. The third-order valence-corrected chi connectivity index (χ3v) is 4.24. The fourth-order valence-electron chi connectivity index (χ4n) is 3.04. The largest absolute Gasteiger partial charge is 0.308 e. The molecule has 0 radical (unpaired) electrons. The van der Waals surface area contributed by atoms with E-state index in [0.717, 1.165) is 36.6 Å². The molecule has 1 aliphatic rings. The Kier molecular flexibility index (Phi) is 3.81. The summed E-state index contributed by atoms with van der Waals surface area (Å²) in [4.78, 5) is 8.25. The molecule has 0 saturated heterocycles. The highest BCUT2D eigenvalue weighted by molar-refractivity contribution is 5.35. The number of rotatable bonds is 4. The van der Waals surface area contributed by atoms with Gasteiger partial charge in [0.2, 0.25) is 0 Å². The summed E-state index contributed by atoms with van der Waals surface area (Å²) in [6.07, 6.45) is 4.80. The standard InChI is InChI=1S/C16H18FN7/c1-11-21-16-5-3-13(8-23(16)22-11)19-7-12-2-4-15(14(17)6-12)24-10-18-9-20-24/h2,4,6,9-10,13,19H,3,5,7-8H2,1H3/t13-/m1/s1. The molecule has 4 rings (SSSR count). The summed E-state index contributed by atoms with van der Waals surface area (Å²) in [5, 5.41) is 11.8. The van der Waals surface area contributed by atoms with Crippen molar-refractivity contribution >= 4 is 0 Å². The first-order valence-corrected chi connectivity index (χ1v) is 7.96. The molecular formula is C16H18FN7. The molecule has 124 valence electrons. The maximum atomic E-state index is 14.2. The highest BCUT2D eigenvalue weighted by atomic mass is 19.1. The van der Waals surface area contributed by atoms with E-state index in [4.69, 9.17) is 0 Å². The first kappa shape index (κ1) is 14.9. The molecule has 1 atom stereocenters. The smallest absolute Gasteiger partial charge is 0.149 e. The number of nitrogens with one attached hydrogen (secondary N) is 1. The summed E-state index contributed by atoms with van der Waals surface area (Å²) >= 11 is 0. The number of nitrogens with zero attached hydrogens (tertiary/aromatic N) is 6. The Hall–Kier alpha value is -2.61. The van der Waals surface area contributed by atoms with E-state index in [9.17, 15) is 4.39 Å². The number of benzene rings is 1. The lowest BCUT2D eigenvalue weighted by Gasteiger charge is -2.23. The topological polar surface area (TPSA) is 73.5 Å². The molecule has 3 heterocycles. The monoisotopic (exact) mass is 327 g/mol. The average Bonchev–Trinajstić information content (AvgIpc) is 3.21. The van der Waals surface area contributed by atoms with E-state index >= 15 is 0 Å². The van der Waals surface area contributed by atoms with Crippen molar-refractivity contribution in [2.75, 3.05) is 0 Å². The van der Waals surface area contributed by atoms with Gasteiger partial charge in [-0.15, -0.1) is 0 Å². The van der Waals surface area contributed by atoms with Crippen LogP contribution < -0.4 is 5.32 Å². The Bertz CT molecular complexity index is 840. The van der Waals surface area contributed by atoms with Crippen molar-refractivity contribution in [1.29, 1.82) is 0 Å². The molecule has 3 aromatic rings. The van der Waals surface area contributed by atoms with Crippen LogP contribution in [0.5, 0.6) is 0 Å². The summed E-state index contributed by atoms with van der Waals surface area (Å²) in [5.41, 5.74) is 1.30. The Morgan fingerprint density at radius 3 is 3.08 bits per heavy atom.